The highest BCUT2D eigenvalue weighted by atomic mass is 19.1. The van der Waals surface area contributed by atoms with E-state index in [-0.39, 0.29) is 22.9 Å². The summed E-state index contributed by atoms with van der Waals surface area (Å²) < 4.78 is 13.7. The summed E-state index contributed by atoms with van der Waals surface area (Å²) in [7, 11) is 0. The Kier molecular flexibility index (Phi) is 5.82. The average molecular weight is 382 g/mol. The number of carbonyl (C=O) groups is 2. The van der Waals surface area contributed by atoms with Crippen LogP contribution in [0.3, 0.4) is 0 Å². The topological polar surface area (TPSA) is 49.4 Å². The van der Waals surface area contributed by atoms with Crippen molar-refractivity contribution in [3.8, 4) is 0 Å². The van der Waals surface area contributed by atoms with Crippen LogP contribution in [0.4, 0.5) is 4.39 Å². The minimum atomic E-state index is -0.522. The van der Waals surface area contributed by atoms with Gasteiger partial charge in [0.25, 0.3) is 11.8 Å². The van der Waals surface area contributed by atoms with Crippen LogP contribution in [0.2, 0.25) is 0 Å². The van der Waals surface area contributed by atoms with Gasteiger partial charge in [-0.2, -0.15) is 0 Å². The first-order valence-electron chi connectivity index (χ1n) is 9.71. The smallest absolute Gasteiger partial charge is 0.254 e. The van der Waals surface area contributed by atoms with Crippen molar-refractivity contribution in [1.29, 1.82) is 0 Å². The molecule has 0 radical (unpaired) electrons. The molecule has 3 rings (SSSR count). The normalized spacial score (nSPS) is 15.4. The van der Waals surface area contributed by atoms with Gasteiger partial charge in [0, 0.05) is 24.7 Å². The molecule has 1 fully saturated rings. The number of halogens is 1. The van der Waals surface area contributed by atoms with E-state index in [0.29, 0.717) is 31.5 Å². The Labute approximate surface area is 165 Å². The Morgan fingerprint density at radius 1 is 1.00 bits per heavy atom. The first-order valence-corrected chi connectivity index (χ1v) is 9.71. The number of piperidine rings is 1. The summed E-state index contributed by atoms with van der Waals surface area (Å²) in [5.74, 6) is -0.911. The molecule has 4 nitrogen and oxygen atoms in total. The Balaban J connectivity index is 1.55. The van der Waals surface area contributed by atoms with E-state index in [4.69, 9.17) is 0 Å². The molecule has 0 unspecified atom stereocenters. The van der Waals surface area contributed by atoms with Crippen molar-refractivity contribution in [3.05, 3.63) is 71.0 Å². The third-order valence-electron chi connectivity index (χ3n) is 5.23. The summed E-state index contributed by atoms with van der Waals surface area (Å²) in [6, 6.07) is 13.7. The minimum absolute atomic E-state index is 0.0133. The first-order chi connectivity index (χ1) is 13.3. The molecule has 0 spiro atoms. The van der Waals surface area contributed by atoms with Gasteiger partial charge in [0.1, 0.15) is 5.82 Å². The molecular formula is C23H27FN2O2. The van der Waals surface area contributed by atoms with Crippen LogP contribution in [0.5, 0.6) is 0 Å². The quantitative estimate of drug-likeness (QED) is 0.867. The van der Waals surface area contributed by atoms with Gasteiger partial charge >= 0.3 is 0 Å². The molecule has 5 heteroatoms. The molecule has 1 heterocycles. The Bertz CT molecular complexity index is 848. The molecule has 2 aromatic rings. The fourth-order valence-corrected chi connectivity index (χ4v) is 3.43. The maximum atomic E-state index is 13.7. The van der Waals surface area contributed by atoms with Gasteiger partial charge in [-0.05, 0) is 48.1 Å². The highest BCUT2D eigenvalue weighted by Gasteiger charge is 2.25. The SMILES string of the molecule is CC(C)(C)c1ccc(C(=O)N2CCC(NC(=O)c3ccccc3F)CC2)cc1. The molecule has 0 bridgehead atoms. The minimum Gasteiger partial charge on any atom is -0.349 e. The van der Waals surface area contributed by atoms with E-state index < -0.39 is 11.7 Å². The number of benzene rings is 2. The zero-order valence-corrected chi connectivity index (χ0v) is 16.7. The fraction of sp³-hybridized carbons (Fsp3) is 0.391. The van der Waals surface area contributed by atoms with Crippen LogP contribution in [-0.4, -0.2) is 35.8 Å². The lowest BCUT2D eigenvalue weighted by atomic mass is 9.86. The molecule has 1 aliphatic heterocycles. The van der Waals surface area contributed by atoms with Crippen LogP contribution in [0.25, 0.3) is 0 Å². The van der Waals surface area contributed by atoms with Crippen LogP contribution in [0.1, 0.15) is 59.9 Å². The molecule has 0 aliphatic carbocycles. The standard InChI is InChI=1S/C23H27FN2O2/c1-23(2,3)17-10-8-16(9-11-17)22(28)26-14-12-18(13-15-26)25-21(27)19-6-4-5-7-20(19)24/h4-11,18H,12-15H2,1-3H3,(H,25,27). The lowest BCUT2D eigenvalue weighted by Gasteiger charge is -2.32. The van der Waals surface area contributed by atoms with Gasteiger partial charge in [-0.3, -0.25) is 9.59 Å². The zero-order chi connectivity index (χ0) is 20.3. The van der Waals surface area contributed by atoms with Crippen molar-refractivity contribution in [1.82, 2.24) is 10.2 Å². The molecule has 28 heavy (non-hydrogen) atoms. The van der Waals surface area contributed by atoms with Crippen molar-refractivity contribution in [2.45, 2.75) is 45.1 Å². The van der Waals surface area contributed by atoms with E-state index in [9.17, 15) is 14.0 Å². The van der Waals surface area contributed by atoms with E-state index >= 15 is 0 Å². The average Bonchev–Trinajstić information content (AvgIpc) is 2.68. The predicted molar refractivity (Wildman–Crippen MR) is 108 cm³/mol. The van der Waals surface area contributed by atoms with Crippen molar-refractivity contribution in [2.24, 2.45) is 0 Å². The van der Waals surface area contributed by atoms with E-state index in [1.54, 1.807) is 12.1 Å². The van der Waals surface area contributed by atoms with E-state index in [2.05, 4.69) is 26.1 Å². The highest BCUT2D eigenvalue weighted by molar-refractivity contribution is 5.95. The summed E-state index contributed by atoms with van der Waals surface area (Å²) in [5.41, 5.74) is 1.98. The molecular weight excluding hydrogens is 355 g/mol. The molecule has 1 N–H and O–H groups in total. The molecule has 0 atom stereocenters. The monoisotopic (exact) mass is 382 g/mol. The number of likely N-dealkylation sites (tertiary alicyclic amines) is 1. The second-order valence-electron chi connectivity index (χ2n) is 8.35. The maximum Gasteiger partial charge on any atom is 0.254 e. The molecule has 1 aliphatic rings. The van der Waals surface area contributed by atoms with Gasteiger partial charge in [0.05, 0.1) is 5.56 Å². The Morgan fingerprint density at radius 2 is 1.61 bits per heavy atom. The van der Waals surface area contributed by atoms with Gasteiger partial charge < -0.3 is 10.2 Å². The number of nitrogens with zero attached hydrogens (tertiary/aromatic N) is 1. The van der Waals surface area contributed by atoms with Gasteiger partial charge in [-0.25, -0.2) is 4.39 Å². The summed E-state index contributed by atoms with van der Waals surface area (Å²) in [6.07, 6.45) is 1.32. The van der Waals surface area contributed by atoms with Gasteiger partial charge in [0.15, 0.2) is 0 Å². The molecule has 0 saturated carbocycles. The summed E-state index contributed by atoms with van der Waals surface area (Å²) in [4.78, 5) is 26.8. The predicted octanol–water partition coefficient (Wildman–Crippen LogP) is 4.16. The van der Waals surface area contributed by atoms with Crippen molar-refractivity contribution in [3.63, 3.8) is 0 Å². The van der Waals surface area contributed by atoms with Crippen molar-refractivity contribution >= 4 is 11.8 Å². The molecule has 1 saturated heterocycles. The maximum absolute atomic E-state index is 13.7. The highest BCUT2D eigenvalue weighted by Crippen LogP contribution is 2.23. The number of hydrogen-bond donors (Lipinski definition) is 1. The summed E-state index contributed by atoms with van der Waals surface area (Å²) in [6.45, 7) is 7.57. The second kappa shape index (κ2) is 8.13. The number of hydrogen-bond acceptors (Lipinski definition) is 2. The van der Waals surface area contributed by atoms with Crippen LogP contribution in [0, 0.1) is 5.82 Å². The van der Waals surface area contributed by atoms with Crippen LogP contribution in [-0.2, 0) is 5.41 Å². The van der Waals surface area contributed by atoms with Gasteiger partial charge in [-0.1, -0.05) is 45.0 Å². The molecule has 0 aromatic heterocycles. The summed E-state index contributed by atoms with van der Waals surface area (Å²) >= 11 is 0. The lowest BCUT2D eigenvalue weighted by molar-refractivity contribution is 0.0698. The van der Waals surface area contributed by atoms with E-state index in [0.717, 1.165) is 0 Å². The number of carbonyl (C=O) groups excluding carboxylic acids is 2. The third-order valence-corrected chi connectivity index (χ3v) is 5.23. The van der Waals surface area contributed by atoms with E-state index in [1.165, 1.54) is 17.7 Å². The Hall–Kier alpha value is -2.69. The van der Waals surface area contributed by atoms with Crippen molar-refractivity contribution in [2.75, 3.05) is 13.1 Å². The van der Waals surface area contributed by atoms with E-state index in [1.807, 2.05) is 29.2 Å². The van der Waals surface area contributed by atoms with Gasteiger partial charge in [-0.15, -0.1) is 0 Å². The summed E-state index contributed by atoms with van der Waals surface area (Å²) in [5, 5.41) is 2.88. The lowest BCUT2D eigenvalue weighted by Crippen LogP contribution is -2.46. The molecule has 148 valence electrons. The number of amides is 2. The third kappa shape index (κ3) is 4.58. The first kappa shape index (κ1) is 20.1. The molecule has 2 amide bonds. The Morgan fingerprint density at radius 3 is 2.18 bits per heavy atom. The molecule has 2 aromatic carbocycles. The fourth-order valence-electron chi connectivity index (χ4n) is 3.43. The second-order valence-corrected chi connectivity index (χ2v) is 8.35. The van der Waals surface area contributed by atoms with Crippen molar-refractivity contribution < 1.29 is 14.0 Å². The van der Waals surface area contributed by atoms with Crippen LogP contribution in [0.15, 0.2) is 48.5 Å². The number of rotatable bonds is 3. The number of nitrogens with one attached hydrogen (secondary N) is 1. The van der Waals surface area contributed by atoms with Gasteiger partial charge in [0.2, 0.25) is 0 Å². The largest absolute Gasteiger partial charge is 0.349 e. The van der Waals surface area contributed by atoms with Crippen LogP contribution < -0.4 is 5.32 Å². The zero-order valence-electron chi connectivity index (χ0n) is 16.7. The van der Waals surface area contributed by atoms with Crippen LogP contribution >= 0.6 is 0 Å².